The molecule has 0 saturated carbocycles. The molecule has 0 radical (unpaired) electrons. The number of rotatable bonds is 3. The summed E-state index contributed by atoms with van der Waals surface area (Å²) in [6.07, 6.45) is -6.82. The van der Waals surface area contributed by atoms with E-state index in [0.717, 1.165) is 12.1 Å². The summed E-state index contributed by atoms with van der Waals surface area (Å²) < 4.78 is 54.9. The standard InChI is InChI=1S/C9H7BrClF4NO/c10-4-1-5(11)6(12)2-7(4)17-8(3-16)9(13,14)15/h1-2,8H,3,16H2. The van der Waals surface area contributed by atoms with Crippen LogP contribution < -0.4 is 10.5 Å². The Bertz CT molecular complexity index is 413. The van der Waals surface area contributed by atoms with Gasteiger partial charge in [0.1, 0.15) is 11.6 Å². The molecule has 1 aromatic rings. The normalized spacial score (nSPS) is 13.6. The molecule has 0 fully saturated rings. The van der Waals surface area contributed by atoms with E-state index in [2.05, 4.69) is 20.7 Å². The van der Waals surface area contributed by atoms with Crippen LogP contribution in [0.4, 0.5) is 17.6 Å². The molecule has 0 aliphatic carbocycles. The van der Waals surface area contributed by atoms with Gasteiger partial charge in [0, 0.05) is 12.6 Å². The van der Waals surface area contributed by atoms with Crippen molar-refractivity contribution < 1.29 is 22.3 Å². The molecule has 0 aliphatic rings. The van der Waals surface area contributed by atoms with Gasteiger partial charge in [0.25, 0.3) is 0 Å². The molecular weight excluding hydrogens is 329 g/mol. The molecule has 0 aliphatic heterocycles. The molecule has 0 aromatic heterocycles. The first-order valence-electron chi connectivity index (χ1n) is 4.33. The van der Waals surface area contributed by atoms with Crippen LogP contribution in [0.25, 0.3) is 0 Å². The molecule has 2 nitrogen and oxygen atoms in total. The predicted molar refractivity (Wildman–Crippen MR) is 58.6 cm³/mol. The van der Waals surface area contributed by atoms with E-state index < -0.39 is 24.6 Å². The highest BCUT2D eigenvalue weighted by molar-refractivity contribution is 9.10. The lowest BCUT2D eigenvalue weighted by Crippen LogP contribution is -2.40. The highest BCUT2D eigenvalue weighted by Crippen LogP contribution is 2.33. The van der Waals surface area contributed by atoms with Gasteiger partial charge in [-0.25, -0.2) is 4.39 Å². The Morgan fingerprint density at radius 2 is 2.00 bits per heavy atom. The van der Waals surface area contributed by atoms with Crippen LogP contribution in [-0.2, 0) is 0 Å². The van der Waals surface area contributed by atoms with Crippen LogP contribution in [0.3, 0.4) is 0 Å². The first-order valence-corrected chi connectivity index (χ1v) is 5.50. The Kier molecular flexibility index (Phi) is 4.62. The number of halogens is 6. The lowest BCUT2D eigenvalue weighted by atomic mass is 10.3. The number of hydrogen-bond donors (Lipinski definition) is 1. The molecule has 0 amide bonds. The molecule has 8 heteroatoms. The fourth-order valence-electron chi connectivity index (χ4n) is 0.996. The molecule has 1 rings (SSSR count). The van der Waals surface area contributed by atoms with E-state index in [4.69, 9.17) is 17.3 Å². The average Bonchev–Trinajstić information content (AvgIpc) is 2.19. The van der Waals surface area contributed by atoms with Crippen molar-refractivity contribution >= 4 is 27.5 Å². The van der Waals surface area contributed by atoms with Gasteiger partial charge in [-0.05, 0) is 22.0 Å². The van der Waals surface area contributed by atoms with Crippen LogP contribution >= 0.6 is 27.5 Å². The summed E-state index contributed by atoms with van der Waals surface area (Å²) in [6, 6.07) is 1.87. The van der Waals surface area contributed by atoms with Gasteiger partial charge in [-0.1, -0.05) is 11.6 Å². The van der Waals surface area contributed by atoms with Gasteiger partial charge >= 0.3 is 6.18 Å². The fraction of sp³-hybridized carbons (Fsp3) is 0.333. The van der Waals surface area contributed by atoms with Crippen molar-refractivity contribution in [1.82, 2.24) is 0 Å². The zero-order chi connectivity index (χ0) is 13.2. The molecule has 96 valence electrons. The molecule has 1 aromatic carbocycles. The number of hydrogen-bond acceptors (Lipinski definition) is 2. The number of benzene rings is 1. The summed E-state index contributed by atoms with van der Waals surface area (Å²) >= 11 is 8.36. The summed E-state index contributed by atoms with van der Waals surface area (Å²) in [5.74, 6) is -1.18. The summed E-state index contributed by atoms with van der Waals surface area (Å²) in [4.78, 5) is 0. The van der Waals surface area contributed by atoms with E-state index >= 15 is 0 Å². The van der Waals surface area contributed by atoms with Crippen molar-refractivity contribution in [2.24, 2.45) is 5.73 Å². The Morgan fingerprint density at radius 3 is 2.47 bits per heavy atom. The Hall–Kier alpha value is -0.530. The molecule has 2 N–H and O–H groups in total. The van der Waals surface area contributed by atoms with Crippen molar-refractivity contribution in [2.75, 3.05) is 6.54 Å². The van der Waals surface area contributed by atoms with Gasteiger partial charge in [-0.15, -0.1) is 0 Å². The van der Waals surface area contributed by atoms with Crippen molar-refractivity contribution in [2.45, 2.75) is 12.3 Å². The van der Waals surface area contributed by atoms with Crippen LogP contribution in [0.5, 0.6) is 5.75 Å². The topological polar surface area (TPSA) is 35.2 Å². The van der Waals surface area contributed by atoms with Gasteiger partial charge in [0.05, 0.1) is 9.50 Å². The molecule has 0 heterocycles. The van der Waals surface area contributed by atoms with Gasteiger partial charge in [0.15, 0.2) is 0 Å². The Balaban J connectivity index is 2.98. The molecule has 1 unspecified atom stereocenters. The van der Waals surface area contributed by atoms with Crippen molar-refractivity contribution in [3.05, 3.63) is 27.4 Å². The zero-order valence-electron chi connectivity index (χ0n) is 8.19. The number of ether oxygens (including phenoxy) is 1. The molecule has 0 bridgehead atoms. The second-order valence-corrected chi connectivity index (χ2v) is 4.34. The monoisotopic (exact) mass is 335 g/mol. The fourth-order valence-corrected chi connectivity index (χ4v) is 1.73. The maximum absolute atomic E-state index is 13.1. The van der Waals surface area contributed by atoms with Crippen LogP contribution in [-0.4, -0.2) is 18.8 Å². The minimum atomic E-state index is -4.62. The average molecular weight is 337 g/mol. The summed E-state index contributed by atoms with van der Waals surface area (Å²) in [6.45, 7) is -0.764. The quantitative estimate of drug-likeness (QED) is 0.677. The van der Waals surface area contributed by atoms with Crippen LogP contribution in [0.1, 0.15) is 0 Å². The van der Waals surface area contributed by atoms with Crippen LogP contribution in [0.2, 0.25) is 5.02 Å². The maximum atomic E-state index is 13.1. The molecular formula is C9H7BrClF4NO. The maximum Gasteiger partial charge on any atom is 0.426 e. The second kappa shape index (κ2) is 5.41. The van der Waals surface area contributed by atoms with E-state index in [1.54, 1.807) is 0 Å². The minimum Gasteiger partial charge on any atom is -0.478 e. The summed E-state index contributed by atoms with van der Waals surface area (Å²) in [7, 11) is 0. The third-order valence-electron chi connectivity index (χ3n) is 1.82. The lowest BCUT2D eigenvalue weighted by molar-refractivity contribution is -0.191. The van der Waals surface area contributed by atoms with E-state index in [9.17, 15) is 17.6 Å². The van der Waals surface area contributed by atoms with E-state index in [1.807, 2.05) is 0 Å². The highest BCUT2D eigenvalue weighted by Gasteiger charge is 2.41. The first-order chi connectivity index (χ1) is 7.75. The number of nitrogens with two attached hydrogens (primary N) is 1. The van der Waals surface area contributed by atoms with Crippen molar-refractivity contribution in [3.63, 3.8) is 0 Å². The third-order valence-corrected chi connectivity index (χ3v) is 2.73. The predicted octanol–water partition coefficient (Wildman–Crippen LogP) is 3.51. The van der Waals surface area contributed by atoms with E-state index in [-0.39, 0.29) is 15.2 Å². The van der Waals surface area contributed by atoms with Gasteiger partial charge in [0.2, 0.25) is 6.10 Å². The molecule has 0 spiro atoms. The number of alkyl halides is 3. The van der Waals surface area contributed by atoms with Gasteiger partial charge in [-0.2, -0.15) is 13.2 Å². The van der Waals surface area contributed by atoms with E-state index in [1.165, 1.54) is 0 Å². The van der Waals surface area contributed by atoms with Crippen molar-refractivity contribution in [1.29, 1.82) is 0 Å². The largest absolute Gasteiger partial charge is 0.478 e. The molecule has 0 saturated heterocycles. The first kappa shape index (κ1) is 14.5. The lowest BCUT2D eigenvalue weighted by Gasteiger charge is -2.21. The smallest absolute Gasteiger partial charge is 0.426 e. The van der Waals surface area contributed by atoms with Crippen LogP contribution in [0, 0.1) is 5.82 Å². The zero-order valence-corrected chi connectivity index (χ0v) is 10.5. The van der Waals surface area contributed by atoms with E-state index in [0.29, 0.717) is 0 Å². The van der Waals surface area contributed by atoms with Crippen LogP contribution in [0.15, 0.2) is 16.6 Å². The Labute approximate surface area is 108 Å². The molecule has 1 atom stereocenters. The Morgan fingerprint density at radius 1 is 1.41 bits per heavy atom. The third kappa shape index (κ3) is 3.72. The minimum absolute atomic E-state index is 0.117. The van der Waals surface area contributed by atoms with Gasteiger partial charge < -0.3 is 10.5 Å². The SMILES string of the molecule is NCC(Oc1cc(F)c(Cl)cc1Br)C(F)(F)F. The summed E-state index contributed by atoms with van der Waals surface area (Å²) in [5.41, 5.74) is 4.94. The van der Waals surface area contributed by atoms with Crippen molar-refractivity contribution in [3.8, 4) is 5.75 Å². The summed E-state index contributed by atoms with van der Waals surface area (Å²) in [5, 5.41) is -0.222. The second-order valence-electron chi connectivity index (χ2n) is 3.08. The highest BCUT2D eigenvalue weighted by atomic mass is 79.9. The van der Waals surface area contributed by atoms with Gasteiger partial charge in [-0.3, -0.25) is 0 Å². The molecule has 17 heavy (non-hydrogen) atoms.